The Morgan fingerprint density at radius 2 is 2.24 bits per heavy atom. The maximum Gasteiger partial charge on any atom is 0.269 e. The van der Waals surface area contributed by atoms with Crippen molar-refractivity contribution in [2.45, 2.75) is 13.0 Å². The van der Waals surface area contributed by atoms with E-state index in [4.69, 9.17) is 4.74 Å². The number of hydrogen-bond acceptors (Lipinski definition) is 5. The molecule has 1 amide bonds. The number of ether oxygens (including phenoxy) is 1. The van der Waals surface area contributed by atoms with E-state index in [9.17, 15) is 14.9 Å². The quantitative estimate of drug-likeness (QED) is 0.444. The van der Waals surface area contributed by atoms with Crippen molar-refractivity contribution >= 4 is 11.6 Å². The van der Waals surface area contributed by atoms with Crippen LogP contribution < -0.4 is 5.32 Å². The fraction of sp³-hybridized carbons (Fsp3) is 0.500. The molecule has 0 aliphatic carbocycles. The Balaban J connectivity index is 2.64. The first-order valence-electron chi connectivity index (χ1n) is 6.67. The summed E-state index contributed by atoms with van der Waals surface area (Å²) >= 11 is 0. The van der Waals surface area contributed by atoms with Gasteiger partial charge in [0.25, 0.3) is 5.69 Å². The number of non-ortho nitro benzene ring substituents is 1. The Kier molecular flexibility index (Phi) is 6.77. The summed E-state index contributed by atoms with van der Waals surface area (Å²) in [5.74, 6) is -0.0786. The van der Waals surface area contributed by atoms with E-state index < -0.39 is 4.92 Å². The molecule has 7 nitrogen and oxygen atoms in total. The highest BCUT2D eigenvalue weighted by atomic mass is 16.6. The molecule has 0 bridgehead atoms. The van der Waals surface area contributed by atoms with Crippen LogP contribution in [0.4, 0.5) is 5.69 Å². The van der Waals surface area contributed by atoms with Gasteiger partial charge in [0.1, 0.15) is 0 Å². The van der Waals surface area contributed by atoms with Gasteiger partial charge in [-0.3, -0.25) is 14.9 Å². The average Bonchev–Trinajstić information content (AvgIpc) is 2.50. The Morgan fingerprint density at radius 1 is 1.52 bits per heavy atom. The van der Waals surface area contributed by atoms with Gasteiger partial charge in [-0.2, -0.15) is 0 Å². The number of hydrogen-bond donors (Lipinski definition) is 1. The second-order valence-electron chi connectivity index (χ2n) is 4.70. The molecule has 1 aromatic carbocycles. The minimum absolute atomic E-state index is 0.0263. The molecule has 1 aromatic rings. The SMILES string of the molecule is COCCNCC(=O)N(C)C(C)c1cccc([N+](=O)[O-])c1. The van der Waals surface area contributed by atoms with Gasteiger partial charge in [-0.1, -0.05) is 12.1 Å². The van der Waals surface area contributed by atoms with E-state index in [1.807, 2.05) is 6.92 Å². The van der Waals surface area contributed by atoms with Crippen LogP contribution in [0.25, 0.3) is 0 Å². The van der Waals surface area contributed by atoms with Gasteiger partial charge in [-0.15, -0.1) is 0 Å². The summed E-state index contributed by atoms with van der Waals surface area (Å²) in [4.78, 5) is 23.9. The van der Waals surface area contributed by atoms with Gasteiger partial charge >= 0.3 is 0 Å². The lowest BCUT2D eigenvalue weighted by Gasteiger charge is -2.25. The zero-order chi connectivity index (χ0) is 15.8. The molecule has 0 aliphatic heterocycles. The van der Waals surface area contributed by atoms with E-state index in [2.05, 4.69) is 5.32 Å². The van der Waals surface area contributed by atoms with Crippen LogP contribution >= 0.6 is 0 Å². The molecule has 0 fully saturated rings. The summed E-state index contributed by atoms with van der Waals surface area (Å²) in [5, 5.41) is 13.8. The third kappa shape index (κ3) is 5.13. The minimum atomic E-state index is -0.440. The highest BCUT2D eigenvalue weighted by molar-refractivity contribution is 5.78. The molecule has 7 heteroatoms. The van der Waals surface area contributed by atoms with E-state index in [-0.39, 0.29) is 24.2 Å². The van der Waals surface area contributed by atoms with Crippen LogP contribution in [0.2, 0.25) is 0 Å². The van der Waals surface area contributed by atoms with Crippen molar-refractivity contribution in [3.63, 3.8) is 0 Å². The number of likely N-dealkylation sites (N-methyl/N-ethyl adjacent to an activating group) is 1. The second kappa shape index (κ2) is 8.33. The third-order valence-electron chi connectivity index (χ3n) is 3.30. The van der Waals surface area contributed by atoms with Gasteiger partial charge in [0.15, 0.2) is 0 Å². The molecule has 0 saturated carbocycles. The Labute approximate surface area is 124 Å². The largest absolute Gasteiger partial charge is 0.383 e. The molecule has 1 rings (SSSR count). The molecule has 0 radical (unpaired) electrons. The standard InChI is InChI=1S/C14H21N3O4/c1-11(12-5-4-6-13(9-12)17(19)20)16(2)14(18)10-15-7-8-21-3/h4-6,9,11,15H,7-8,10H2,1-3H3. The molecular formula is C14H21N3O4. The lowest BCUT2D eigenvalue weighted by molar-refractivity contribution is -0.384. The highest BCUT2D eigenvalue weighted by Crippen LogP contribution is 2.22. The number of rotatable bonds is 8. The summed E-state index contributed by atoms with van der Waals surface area (Å²) in [6.07, 6.45) is 0. The smallest absolute Gasteiger partial charge is 0.269 e. The van der Waals surface area contributed by atoms with E-state index in [0.717, 1.165) is 5.56 Å². The third-order valence-corrected chi connectivity index (χ3v) is 3.30. The normalized spacial score (nSPS) is 12.0. The fourth-order valence-corrected chi connectivity index (χ4v) is 1.83. The second-order valence-corrected chi connectivity index (χ2v) is 4.70. The minimum Gasteiger partial charge on any atom is -0.383 e. The highest BCUT2D eigenvalue weighted by Gasteiger charge is 2.18. The molecule has 1 atom stereocenters. The average molecular weight is 295 g/mol. The van der Waals surface area contributed by atoms with Crippen molar-refractivity contribution in [3.05, 3.63) is 39.9 Å². The van der Waals surface area contributed by atoms with Gasteiger partial charge < -0.3 is 15.0 Å². The Morgan fingerprint density at radius 3 is 2.86 bits per heavy atom. The maximum absolute atomic E-state index is 12.0. The number of nitrogens with one attached hydrogen (secondary N) is 1. The number of nitro benzene ring substituents is 1. The van der Waals surface area contributed by atoms with Gasteiger partial charge in [0.2, 0.25) is 5.91 Å². The van der Waals surface area contributed by atoms with Crippen molar-refractivity contribution < 1.29 is 14.5 Å². The molecule has 21 heavy (non-hydrogen) atoms. The summed E-state index contributed by atoms with van der Waals surface area (Å²) in [5.41, 5.74) is 0.760. The van der Waals surface area contributed by atoms with Gasteiger partial charge in [0, 0.05) is 32.8 Å². The van der Waals surface area contributed by atoms with E-state index in [1.165, 1.54) is 12.1 Å². The summed E-state index contributed by atoms with van der Waals surface area (Å²) in [6, 6.07) is 6.09. The predicted molar refractivity (Wildman–Crippen MR) is 79.0 cm³/mol. The van der Waals surface area contributed by atoms with Crippen LogP contribution in [0, 0.1) is 10.1 Å². The van der Waals surface area contributed by atoms with Gasteiger partial charge in [0.05, 0.1) is 24.1 Å². The molecule has 0 aromatic heterocycles. The Hall–Kier alpha value is -1.99. The molecule has 1 N–H and O–H groups in total. The first-order chi connectivity index (χ1) is 9.97. The molecule has 0 spiro atoms. The van der Waals surface area contributed by atoms with E-state index >= 15 is 0 Å². The topological polar surface area (TPSA) is 84.7 Å². The molecule has 116 valence electrons. The number of nitrogens with zero attached hydrogens (tertiary/aromatic N) is 2. The fourth-order valence-electron chi connectivity index (χ4n) is 1.83. The summed E-state index contributed by atoms with van der Waals surface area (Å²) in [7, 11) is 3.28. The summed E-state index contributed by atoms with van der Waals surface area (Å²) < 4.78 is 4.89. The van der Waals surface area contributed by atoms with E-state index in [0.29, 0.717) is 13.2 Å². The van der Waals surface area contributed by atoms with Crippen molar-refractivity contribution in [1.82, 2.24) is 10.2 Å². The van der Waals surface area contributed by atoms with E-state index in [1.54, 1.807) is 31.2 Å². The first kappa shape index (κ1) is 17.1. The Bertz CT molecular complexity index is 493. The van der Waals surface area contributed by atoms with Crippen molar-refractivity contribution in [2.24, 2.45) is 0 Å². The van der Waals surface area contributed by atoms with Crippen LogP contribution in [-0.2, 0) is 9.53 Å². The number of methoxy groups -OCH3 is 1. The molecule has 1 unspecified atom stereocenters. The van der Waals surface area contributed by atoms with Crippen molar-refractivity contribution in [3.8, 4) is 0 Å². The van der Waals surface area contributed by atoms with Crippen molar-refractivity contribution in [1.29, 1.82) is 0 Å². The van der Waals surface area contributed by atoms with Crippen LogP contribution in [-0.4, -0.2) is 49.6 Å². The molecule has 0 aliphatic rings. The molecular weight excluding hydrogens is 274 g/mol. The van der Waals surface area contributed by atoms with Gasteiger partial charge in [-0.25, -0.2) is 0 Å². The van der Waals surface area contributed by atoms with Crippen LogP contribution in [0.15, 0.2) is 24.3 Å². The maximum atomic E-state index is 12.0. The van der Waals surface area contributed by atoms with Crippen LogP contribution in [0.5, 0.6) is 0 Å². The number of amides is 1. The molecule has 0 saturated heterocycles. The number of nitro groups is 1. The monoisotopic (exact) mass is 295 g/mol. The molecule has 0 heterocycles. The lowest BCUT2D eigenvalue weighted by Crippen LogP contribution is -2.38. The predicted octanol–water partition coefficient (Wildman–Crippen LogP) is 1.35. The number of benzene rings is 1. The first-order valence-corrected chi connectivity index (χ1v) is 6.67. The van der Waals surface area contributed by atoms with Crippen LogP contribution in [0.3, 0.4) is 0 Å². The number of carbonyl (C=O) groups is 1. The summed E-state index contributed by atoms with van der Waals surface area (Å²) in [6.45, 7) is 3.18. The zero-order valence-electron chi connectivity index (χ0n) is 12.5. The van der Waals surface area contributed by atoms with Gasteiger partial charge in [-0.05, 0) is 12.5 Å². The zero-order valence-corrected chi connectivity index (χ0v) is 12.5. The van der Waals surface area contributed by atoms with Crippen molar-refractivity contribution in [2.75, 3.05) is 33.9 Å². The van der Waals surface area contributed by atoms with Crippen LogP contribution in [0.1, 0.15) is 18.5 Å². The lowest BCUT2D eigenvalue weighted by atomic mass is 10.1. The number of carbonyl (C=O) groups excluding carboxylic acids is 1.